The van der Waals surface area contributed by atoms with Gasteiger partial charge in [0.15, 0.2) is 0 Å². The summed E-state index contributed by atoms with van der Waals surface area (Å²) in [5.74, 6) is 0. The van der Waals surface area contributed by atoms with Crippen molar-refractivity contribution in [1.29, 1.82) is 0 Å². The molecular formula is C26H18BY. The summed E-state index contributed by atoms with van der Waals surface area (Å²) in [6.07, 6.45) is 0. The molecule has 2 aliphatic rings. The summed E-state index contributed by atoms with van der Waals surface area (Å²) >= 11 is 0. The Morgan fingerprint density at radius 3 is 1.43 bits per heavy atom. The van der Waals surface area contributed by atoms with Crippen molar-refractivity contribution >= 4 is 12.7 Å². The van der Waals surface area contributed by atoms with Gasteiger partial charge in [-0.3, -0.25) is 0 Å². The number of hydrogen-bond donors (Lipinski definition) is 0. The second-order valence-corrected chi connectivity index (χ2v) is 7.48. The summed E-state index contributed by atoms with van der Waals surface area (Å²) in [5.41, 5.74) is 12.2. The van der Waals surface area contributed by atoms with Crippen molar-refractivity contribution in [3.8, 4) is 22.3 Å². The van der Waals surface area contributed by atoms with Gasteiger partial charge in [-0.1, -0.05) is 103 Å². The van der Waals surface area contributed by atoms with E-state index in [1.165, 1.54) is 50.0 Å². The van der Waals surface area contributed by atoms with Gasteiger partial charge in [0, 0.05) is 32.7 Å². The number of fused-ring (bicyclic) bond motifs is 10. The largest absolute Gasteiger partial charge is 0.148 e. The average molecular weight is 430 g/mol. The van der Waals surface area contributed by atoms with E-state index in [0.29, 0.717) is 0 Å². The quantitative estimate of drug-likeness (QED) is 0.307. The van der Waals surface area contributed by atoms with Gasteiger partial charge in [-0.05, 0) is 44.5 Å². The molecule has 0 aliphatic heterocycles. The molecular weight excluding hydrogens is 412 g/mol. The van der Waals surface area contributed by atoms with Gasteiger partial charge >= 0.3 is 0 Å². The van der Waals surface area contributed by atoms with Crippen LogP contribution in [0.15, 0.2) is 91.0 Å². The molecule has 2 aliphatic carbocycles. The number of benzene rings is 4. The van der Waals surface area contributed by atoms with Crippen molar-refractivity contribution in [3.63, 3.8) is 0 Å². The summed E-state index contributed by atoms with van der Waals surface area (Å²) in [7, 11) is 2.20. The minimum absolute atomic E-state index is 0. The van der Waals surface area contributed by atoms with Crippen LogP contribution in [0, 0.1) is 0 Å². The van der Waals surface area contributed by atoms with Crippen molar-refractivity contribution < 1.29 is 32.7 Å². The Morgan fingerprint density at radius 2 is 0.964 bits per heavy atom. The van der Waals surface area contributed by atoms with Crippen LogP contribution < -0.4 is 5.46 Å². The molecule has 6 rings (SSSR count). The Hall–Kier alpha value is -1.95. The molecule has 0 saturated heterocycles. The fraction of sp³-hybridized carbons (Fsp3) is 0.0769. The van der Waals surface area contributed by atoms with E-state index >= 15 is 0 Å². The summed E-state index contributed by atoms with van der Waals surface area (Å²) in [6.45, 7) is 2.12. The molecule has 128 valence electrons. The van der Waals surface area contributed by atoms with Crippen molar-refractivity contribution in [2.45, 2.75) is 12.2 Å². The van der Waals surface area contributed by atoms with Crippen molar-refractivity contribution in [2.75, 3.05) is 0 Å². The Morgan fingerprint density at radius 1 is 0.536 bits per heavy atom. The zero-order valence-electron chi connectivity index (χ0n) is 15.8. The first-order valence-electron chi connectivity index (χ1n) is 9.59. The summed E-state index contributed by atoms with van der Waals surface area (Å²) in [4.78, 5) is 0. The van der Waals surface area contributed by atoms with Gasteiger partial charge in [0.25, 0.3) is 0 Å². The second-order valence-electron chi connectivity index (χ2n) is 7.48. The van der Waals surface area contributed by atoms with Crippen LogP contribution in [0.5, 0.6) is 0 Å². The maximum atomic E-state index is 2.40. The Balaban J connectivity index is 0.00000171. The average Bonchev–Trinajstić information content (AvgIpc) is 3.21. The predicted molar refractivity (Wildman–Crippen MR) is 114 cm³/mol. The monoisotopic (exact) mass is 430 g/mol. The van der Waals surface area contributed by atoms with Gasteiger partial charge in [0.05, 0.1) is 5.41 Å². The molecule has 0 fully saturated rings. The van der Waals surface area contributed by atoms with Crippen molar-refractivity contribution in [1.82, 2.24) is 0 Å². The van der Waals surface area contributed by atoms with Crippen LogP contribution in [-0.2, 0) is 38.1 Å². The maximum Gasteiger partial charge on any atom is 0.148 e. The molecule has 0 N–H and O–H groups in total. The van der Waals surface area contributed by atoms with Gasteiger partial charge < -0.3 is 0 Å². The first kappa shape index (κ1) is 18.1. The van der Waals surface area contributed by atoms with E-state index in [9.17, 15) is 0 Å². The fourth-order valence-corrected chi connectivity index (χ4v) is 5.29. The minimum Gasteiger partial charge on any atom is -0.0877 e. The van der Waals surface area contributed by atoms with E-state index in [0.717, 1.165) is 0 Å². The SMILES string of the molecule is C[B]c1ccc2c(c1)C1(c3ccccc3-c3ccccc31)c1ccccc1-2.[Y]. The predicted octanol–water partition coefficient (Wildman–Crippen LogP) is 5.41. The van der Waals surface area contributed by atoms with Crippen molar-refractivity contribution in [2.24, 2.45) is 0 Å². The number of rotatable bonds is 1. The van der Waals surface area contributed by atoms with Crippen LogP contribution in [0.4, 0.5) is 0 Å². The normalized spacial score (nSPS) is 13.9. The van der Waals surface area contributed by atoms with Gasteiger partial charge in [-0.25, -0.2) is 0 Å². The topological polar surface area (TPSA) is 0 Å². The molecule has 2 radical (unpaired) electrons. The Bertz CT molecular complexity index is 1160. The molecule has 1 spiro atoms. The van der Waals surface area contributed by atoms with Gasteiger partial charge in [0.2, 0.25) is 0 Å². The Kier molecular flexibility index (Phi) is 4.23. The third kappa shape index (κ3) is 2.10. The first-order valence-corrected chi connectivity index (χ1v) is 9.59. The van der Waals surface area contributed by atoms with Gasteiger partial charge in [-0.15, -0.1) is 0 Å². The van der Waals surface area contributed by atoms with Crippen LogP contribution in [0.1, 0.15) is 22.3 Å². The van der Waals surface area contributed by atoms with Crippen LogP contribution in [0.3, 0.4) is 0 Å². The van der Waals surface area contributed by atoms with E-state index in [2.05, 4.69) is 105 Å². The van der Waals surface area contributed by atoms with Gasteiger partial charge in [0.1, 0.15) is 7.28 Å². The van der Waals surface area contributed by atoms with Crippen LogP contribution in [-0.4, -0.2) is 7.28 Å². The summed E-state index contributed by atoms with van der Waals surface area (Å²) < 4.78 is 0. The summed E-state index contributed by atoms with van der Waals surface area (Å²) in [5, 5.41) is 0. The standard InChI is InChI=1S/C26H18B.Y/c1-27-17-14-15-21-20-10-4-7-13-24(20)26(25(21)16-17)22-11-5-2-8-18(22)19-9-3-6-12-23(19)26;/h2-16H,1H3;. The van der Waals surface area contributed by atoms with Crippen molar-refractivity contribution in [3.05, 3.63) is 113 Å². The molecule has 28 heavy (non-hydrogen) atoms. The molecule has 0 heterocycles. The Labute approximate surface area is 192 Å². The molecule has 0 bridgehead atoms. The molecule has 0 saturated carbocycles. The molecule has 0 unspecified atom stereocenters. The first-order chi connectivity index (χ1) is 13.4. The molecule has 4 aromatic rings. The molecule has 0 atom stereocenters. The third-order valence-electron chi connectivity index (χ3n) is 6.35. The molecule has 0 aromatic heterocycles. The van der Waals surface area contributed by atoms with Crippen LogP contribution in [0.2, 0.25) is 6.82 Å². The molecule has 4 aromatic carbocycles. The zero-order valence-corrected chi connectivity index (χ0v) is 18.7. The van der Waals surface area contributed by atoms with Crippen LogP contribution in [0.25, 0.3) is 22.3 Å². The van der Waals surface area contributed by atoms with Gasteiger partial charge in [-0.2, -0.15) is 0 Å². The molecule has 0 nitrogen and oxygen atoms in total. The summed E-state index contributed by atoms with van der Waals surface area (Å²) in [6, 6.07) is 33.8. The van der Waals surface area contributed by atoms with E-state index < -0.39 is 0 Å². The zero-order chi connectivity index (χ0) is 18.0. The van der Waals surface area contributed by atoms with E-state index in [1.54, 1.807) is 0 Å². The second kappa shape index (κ2) is 6.54. The van der Waals surface area contributed by atoms with E-state index in [4.69, 9.17) is 0 Å². The minimum atomic E-state index is -0.210. The molecule has 2 heteroatoms. The smallest absolute Gasteiger partial charge is 0.0877 e. The van der Waals surface area contributed by atoms with E-state index in [1.807, 2.05) is 0 Å². The number of hydrogen-bond acceptors (Lipinski definition) is 0. The third-order valence-corrected chi connectivity index (χ3v) is 6.35. The van der Waals surface area contributed by atoms with Crippen LogP contribution >= 0.6 is 0 Å². The maximum absolute atomic E-state index is 2.40. The molecule has 0 amide bonds. The fourth-order valence-electron chi connectivity index (χ4n) is 5.29. The van der Waals surface area contributed by atoms with E-state index in [-0.39, 0.29) is 38.1 Å².